The molecule has 1 fully saturated rings. The number of ether oxygens (including phenoxy) is 1. The molecule has 0 spiro atoms. The first kappa shape index (κ1) is 13.1. The summed E-state index contributed by atoms with van der Waals surface area (Å²) in [5, 5.41) is 9.67. The monoisotopic (exact) mass is 276 g/mol. The van der Waals surface area contributed by atoms with Gasteiger partial charge in [0, 0.05) is 11.6 Å². The number of nitrogens with zero attached hydrogens (tertiary/aromatic N) is 2. The maximum absolute atomic E-state index is 13.2. The summed E-state index contributed by atoms with van der Waals surface area (Å²) in [6, 6.07) is 4.73. The van der Waals surface area contributed by atoms with Crippen molar-refractivity contribution in [3.63, 3.8) is 0 Å². The van der Waals surface area contributed by atoms with Crippen LogP contribution in [0.2, 0.25) is 0 Å². The van der Waals surface area contributed by atoms with Gasteiger partial charge in [0.15, 0.2) is 0 Å². The zero-order valence-corrected chi connectivity index (χ0v) is 11.3. The van der Waals surface area contributed by atoms with Gasteiger partial charge in [-0.05, 0) is 38.0 Å². The van der Waals surface area contributed by atoms with E-state index in [1.165, 1.54) is 25.0 Å². The number of aromatic nitrogens is 2. The summed E-state index contributed by atoms with van der Waals surface area (Å²) < 4.78 is 21.1. The maximum atomic E-state index is 13.2. The molecular formula is C15H17FN2O2. The fourth-order valence-corrected chi connectivity index (χ4v) is 2.25. The van der Waals surface area contributed by atoms with Gasteiger partial charge < -0.3 is 14.4 Å². The summed E-state index contributed by atoms with van der Waals surface area (Å²) in [6.45, 7) is 1.96. The lowest BCUT2D eigenvalue weighted by Crippen LogP contribution is -2.06. The van der Waals surface area contributed by atoms with Gasteiger partial charge in [-0.1, -0.05) is 0 Å². The second-order valence-electron chi connectivity index (χ2n) is 5.17. The van der Waals surface area contributed by atoms with Crippen LogP contribution in [0.5, 0.6) is 5.75 Å². The standard InChI is InChI=1S/C15H17FN2O2/c1-10(19)14-6-11(16)2-5-15(14)20-8-13-7-17-9-18(13)12-3-4-12/h2,5-7,9-10,12,19H,3-4,8H2,1H3. The van der Waals surface area contributed by atoms with E-state index in [0.29, 0.717) is 24.0 Å². The topological polar surface area (TPSA) is 47.3 Å². The van der Waals surface area contributed by atoms with E-state index in [2.05, 4.69) is 9.55 Å². The SMILES string of the molecule is CC(O)c1cc(F)ccc1OCc1cncn1C1CC1. The zero-order valence-electron chi connectivity index (χ0n) is 11.3. The second kappa shape index (κ2) is 5.25. The van der Waals surface area contributed by atoms with Crippen molar-refractivity contribution in [3.05, 3.63) is 47.8 Å². The van der Waals surface area contributed by atoms with Gasteiger partial charge >= 0.3 is 0 Å². The Labute approximate surface area is 116 Å². The smallest absolute Gasteiger partial charge is 0.130 e. The van der Waals surface area contributed by atoms with Crippen molar-refractivity contribution in [2.24, 2.45) is 0 Å². The molecule has 0 radical (unpaired) electrons. The van der Waals surface area contributed by atoms with Crippen LogP contribution in [0.25, 0.3) is 0 Å². The van der Waals surface area contributed by atoms with E-state index in [4.69, 9.17) is 4.74 Å². The molecule has 3 rings (SSSR count). The Morgan fingerprint density at radius 2 is 2.30 bits per heavy atom. The summed E-state index contributed by atoms with van der Waals surface area (Å²) in [5.74, 6) is 0.126. The van der Waals surface area contributed by atoms with Gasteiger partial charge in [-0.25, -0.2) is 9.37 Å². The normalized spacial score (nSPS) is 16.1. The van der Waals surface area contributed by atoms with Crippen molar-refractivity contribution in [3.8, 4) is 5.75 Å². The van der Waals surface area contributed by atoms with Gasteiger partial charge in [0.2, 0.25) is 0 Å². The van der Waals surface area contributed by atoms with Gasteiger partial charge in [0.25, 0.3) is 0 Å². The number of hydrogen-bond donors (Lipinski definition) is 1. The molecule has 1 aliphatic carbocycles. The van der Waals surface area contributed by atoms with Gasteiger partial charge in [-0.2, -0.15) is 0 Å². The fraction of sp³-hybridized carbons (Fsp3) is 0.400. The van der Waals surface area contributed by atoms with E-state index in [1.54, 1.807) is 19.2 Å². The molecule has 2 aromatic rings. The van der Waals surface area contributed by atoms with Crippen LogP contribution in [0.4, 0.5) is 4.39 Å². The number of hydrogen-bond acceptors (Lipinski definition) is 3. The molecule has 4 nitrogen and oxygen atoms in total. The number of halogens is 1. The van der Waals surface area contributed by atoms with Crippen LogP contribution in [-0.2, 0) is 6.61 Å². The van der Waals surface area contributed by atoms with Crippen molar-refractivity contribution >= 4 is 0 Å². The average molecular weight is 276 g/mol. The van der Waals surface area contributed by atoms with Crippen LogP contribution in [0, 0.1) is 5.82 Å². The van der Waals surface area contributed by atoms with Crippen LogP contribution in [-0.4, -0.2) is 14.7 Å². The van der Waals surface area contributed by atoms with Crippen LogP contribution in [0.3, 0.4) is 0 Å². The highest BCUT2D eigenvalue weighted by molar-refractivity contribution is 5.35. The summed E-state index contributed by atoms with van der Waals surface area (Å²) in [6.07, 6.45) is 5.19. The number of imidazole rings is 1. The fourth-order valence-electron chi connectivity index (χ4n) is 2.25. The van der Waals surface area contributed by atoms with Gasteiger partial charge in [-0.15, -0.1) is 0 Å². The lowest BCUT2D eigenvalue weighted by molar-refractivity contribution is 0.189. The van der Waals surface area contributed by atoms with E-state index >= 15 is 0 Å². The first-order valence-electron chi connectivity index (χ1n) is 6.76. The van der Waals surface area contributed by atoms with Crippen molar-refractivity contribution < 1.29 is 14.2 Å². The molecular weight excluding hydrogens is 259 g/mol. The van der Waals surface area contributed by atoms with Crippen LogP contribution in [0.15, 0.2) is 30.7 Å². The Morgan fingerprint density at radius 1 is 1.50 bits per heavy atom. The molecule has 20 heavy (non-hydrogen) atoms. The Hall–Kier alpha value is -1.88. The van der Waals surface area contributed by atoms with E-state index in [0.717, 1.165) is 5.69 Å². The number of aliphatic hydroxyl groups is 1. The van der Waals surface area contributed by atoms with E-state index in [1.807, 2.05) is 6.33 Å². The van der Waals surface area contributed by atoms with E-state index in [9.17, 15) is 9.50 Å². The lowest BCUT2D eigenvalue weighted by Gasteiger charge is -2.14. The van der Waals surface area contributed by atoms with Crippen molar-refractivity contribution in [1.29, 1.82) is 0 Å². The summed E-state index contributed by atoms with van der Waals surface area (Å²) in [5.41, 5.74) is 1.45. The number of rotatable bonds is 5. The number of aliphatic hydroxyl groups excluding tert-OH is 1. The molecule has 0 bridgehead atoms. The second-order valence-corrected chi connectivity index (χ2v) is 5.17. The summed E-state index contributed by atoms with van der Waals surface area (Å²) in [7, 11) is 0. The minimum absolute atomic E-state index is 0.363. The Balaban J connectivity index is 1.76. The summed E-state index contributed by atoms with van der Waals surface area (Å²) >= 11 is 0. The third-order valence-electron chi connectivity index (χ3n) is 3.48. The van der Waals surface area contributed by atoms with Crippen molar-refractivity contribution in [2.45, 2.75) is 38.5 Å². The van der Waals surface area contributed by atoms with E-state index < -0.39 is 6.10 Å². The van der Waals surface area contributed by atoms with Crippen molar-refractivity contribution in [2.75, 3.05) is 0 Å². The molecule has 1 atom stereocenters. The molecule has 1 heterocycles. The summed E-state index contributed by atoms with van der Waals surface area (Å²) in [4.78, 5) is 4.14. The highest BCUT2D eigenvalue weighted by Gasteiger charge is 2.25. The van der Waals surface area contributed by atoms with Crippen LogP contribution >= 0.6 is 0 Å². The largest absolute Gasteiger partial charge is 0.487 e. The third kappa shape index (κ3) is 2.67. The van der Waals surface area contributed by atoms with Gasteiger partial charge in [0.05, 0.1) is 24.3 Å². The zero-order chi connectivity index (χ0) is 14.1. The predicted octanol–water partition coefficient (Wildman–Crippen LogP) is 2.99. The molecule has 0 saturated heterocycles. The minimum atomic E-state index is -0.769. The molecule has 1 saturated carbocycles. The molecule has 1 aromatic carbocycles. The van der Waals surface area contributed by atoms with Crippen molar-refractivity contribution in [1.82, 2.24) is 9.55 Å². The average Bonchev–Trinajstić information content (AvgIpc) is 3.16. The Morgan fingerprint density at radius 3 is 3.00 bits per heavy atom. The third-order valence-corrected chi connectivity index (χ3v) is 3.48. The predicted molar refractivity (Wildman–Crippen MR) is 71.9 cm³/mol. The lowest BCUT2D eigenvalue weighted by atomic mass is 10.1. The molecule has 1 unspecified atom stereocenters. The Kier molecular flexibility index (Phi) is 3.44. The quantitative estimate of drug-likeness (QED) is 0.913. The van der Waals surface area contributed by atoms with Crippen LogP contribution < -0.4 is 4.74 Å². The minimum Gasteiger partial charge on any atom is -0.487 e. The first-order chi connectivity index (χ1) is 9.65. The first-order valence-corrected chi connectivity index (χ1v) is 6.76. The van der Waals surface area contributed by atoms with Gasteiger partial charge in [-0.3, -0.25) is 0 Å². The molecule has 1 N–H and O–H groups in total. The van der Waals surface area contributed by atoms with Gasteiger partial charge in [0.1, 0.15) is 18.2 Å². The number of benzene rings is 1. The molecule has 5 heteroatoms. The maximum Gasteiger partial charge on any atom is 0.130 e. The highest BCUT2D eigenvalue weighted by Crippen LogP contribution is 2.36. The van der Waals surface area contributed by atoms with E-state index in [-0.39, 0.29) is 5.82 Å². The molecule has 0 aliphatic heterocycles. The highest BCUT2D eigenvalue weighted by atomic mass is 19.1. The molecule has 106 valence electrons. The molecule has 1 aromatic heterocycles. The van der Waals surface area contributed by atoms with Crippen LogP contribution in [0.1, 0.15) is 43.2 Å². The Bertz CT molecular complexity index is 606. The molecule has 1 aliphatic rings. The molecule has 0 amide bonds.